The number of aromatic hydroxyl groups is 2. The Kier molecular flexibility index (Phi) is 10.2. The maximum atomic E-state index is 13.6. The lowest BCUT2D eigenvalue weighted by Gasteiger charge is -2.38. The van der Waals surface area contributed by atoms with Crippen molar-refractivity contribution < 1.29 is 56.4 Å². The highest BCUT2D eigenvalue weighted by atomic mass is 19.4. The standard InChI is InChI=1S/C15H10F6O2.2C3H4O2/c16-14(17,18)13(15(19,20)21,9-1-5-11(22)6-2-9)10-3-7-12(23)8-4-10;2*1-2-3(4)5/h1-8,22-23H;2*2H,1H2,(H,4,5). The van der Waals surface area contributed by atoms with Crippen LogP contribution in [-0.4, -0.2) is 44.7 Å². The molecule has 0 aromatic heterocycles. The molecule has 0 aliphatic rings. The van der Waals surface area contributed by atoms with E-state index in [1.807, 2.05) is 0 Å². The second-order valence-corrected chi connectivity index (χ2v) is 5.92. The van der Waals surface area contributed by atoms with Crippen LogP contribution < -0.4 is 0 Å². The molecule has 0 amide bonds. The summed E-state index contributed by atoms with van der Waals surface area (Å²) in [6.07, 6.45) is -9.72. The van der Waals surface area contributed by atoms with Crippen molar-refractivity contribution in [2.45, 2.75) is 17.8 Å². The first-order chi connectivity index (χ1) is 15.0. The number of hydrogen-bond donors (Lipinski definition) is 4. The van der Waals surface area contributed by atoms with E-state index in [2.05, 4.69) is 13.2 Å². The van der Waals surface area contributed by atoms with Gasteiger partial charge in [-0.15, -0.1) is 0 Å². The zero-order valence-electron chi connectivity index (χ0n) is 16.6. The Balaban J connectivity index is 0.000000859. The molecule has 0 aliphatic heterocycles. The number of rotatable bonds is 4. The number of phenolic OH excluding ortho intramolecular Hbond substituents is 2. The van der Waals surface area contributed by atoms with Gasteiger partial charge in [0.05, 0.1) is 0 Å². The van der Waals surface area contributed by atoms with Crippen LogP contribution in [0.3, 0.4) is 0 Å². The molecule has 0 radical (unpaired) electrons. The Labute approximate surface area is 183 Å². The predicted molar refractivity (Wildman–Crippen MR) is 105 cm³/mol. The van der Waals surface area contributed by atoms with E-state index in [4.69, 9.17) is 20.4 Å². The smallest absolute Gasteiger partial charge is 0.411 e. The van der Waals surface area contributed by atoms with Gasteiger partial charge in [-0.3, -0.25) is 0 Å². The van der Waals surface area contributed by atoms with E-state index in [0.29, 0.717) is 24.3 Å². The Morgan fingerprint density at radius 2 is 0.848 bits per heavy atom. The minimum absolute atomic E-state index is 0.460. The van der Waals surface area contributed by atoms with Crippen LogP contribution in [0, 0.1) is 0 Å². The quantitative estimate of drug-likeness (QED) is 0.361. The Morgan fingerprint density at radius 3 is 1.00 bits per heavy atom. The number of hydrogen-bond acceptors (Lipinski definition) is 4. The lowest BCUT2D eigenvalue weighted by atomic mass is 9.73. The molecule has 33 heavy (non-hydrogen) atoms. The van der Waals surface area contributed by atoms with Gasteiger partial charge in [-0.2, -0.15) is 26.3 Å². The van der Waals surface area contributed by atoms with Crippen LogP contribution in [0.1, 0.15) is 11.1 Å². The first-order valence-corrected chi connectivity index (χ1v) is 8.47. The largest absolute Gasteiger partial charge is 0.508 e. The van der Waals surface area contributed by atoms with Gasteiger partial charge in [-0.05, 0) is 35.4 Å². The molecular weight excluding hydrogens is 462 g/mol. The van der Waals surface area contributed by atoms with Gasteiger partial charge in [0, 0.05) is 12.2 Å². The van der Waals surface area contributed by atoms with Crippen LogP contribution in [0.4, 0.5) is 26.3 Å². The number of aliphatic carboxylic acids is 2. The number of halogens is 6. The molecule has 0 unspecified atom stereocenters. The SMILES string of the molecule is C=CC(=O)O.C=CC(=O)O.Oc1ccc(C(c2ccc(O)cc2)(C(F)(F)F)C(F)(F)F)cc1. The van der Waals surface area contributed by atoms with Crippen molar-refractivity contribution in [3.8, 4) is 11.5 Å². The van der Waals surface area contributed by atoms with Gasteiger partial charge in [-0.1, -0.05) is 37.4 Å². The van der Waals surface area contributed by atoms with Crippen LogP contribution in [0.2, 0.25) is 0 Å². The third-order valence-corrected chi connectivity index (χ3v) is 3.80. The highest BCUT2D eigenvalue weighted by Gasteiger charge is 2.72. The van der Waals surface area contributed by atoms with Crippen molar-refractivity contribution in [2.24, 2.45) is 0 Å². The van der Waals surface area contributed by atoms with E-state index in [1.165, 1.54) is 0 Å². The van der Waals surface area contributed by atoms with Crippen molar-refractivity contribution in [2.75, 3.05) is 0 Å². The molecule has 180 valence electrons. The third kappa shape index (κ3) is 7.59. The summed E-state index contributed by atoms with van der Waals surface area (Å²) in [6.45, 7) is 5.92. The highest BCUT2D eigenvalue weighted by Crippen LogP contribution is 2.56. The van der Waals surface area contributed by atoms with Crippen LogP contribution in [0.15, 0.2) is 73.8 Å². The fourth-order valence-electron chi connectivity index (χ4n) is 2.40. The van der Waals surface area contributed by atoms with Crippen molar-refractivity contribution in [1.82, 2.24) is 0 Å². The van der Waals surface area contributed by atoms with E-state index in [-0.39, 0.29) is 0 Å². The average Bonchev–Trinajstić information content (AvgIpc) is 2.70. The minimum atomic E-state index is -5.70. The third-order valence-electron chi connectivity index (χ3n) is 3.80. The van der Waals surface area contributed by atoms with Crippen LogP contribution in [-0.2, 0) is 15.0 Å². The minimum Gasteiger partial charge on any atom is -0.508 e. The average molecular weight is 480 g/mol. The predicted octanol–water partition coefficient (Wildman–Crippen LogP) is 5.02. The van der Waals surface area contributed by atoms with Gasteiger partial charge in [-0.25, -0.2) is 9.59 Å². The van der Waals surface area contributed by atoms with Crippen molar-refractivity contribution in [3.63, 3.8) is 0 Å². The second-order valence-electron chi connectivity index (χ2n) is 5.92. The fourth-order valence-corrected chi connectivity index (χ4v) is 2.40. The van der Waals surface area contributed by atoms with Gasteiger partial charge < -0.3 is 20.4 Å². The summed E-state index contributed by atoms with van der Waals surface area (Å²) >= 11 is 0. The van der Waals surface area contributed by atoms with Gasteiger partial charge in [0.25, 0.3) is 0 Å². The van der Waals surface area contributed by atoms with Crippen molar-refractivity contribution in [3.05, 3.63) is 85.0 Å². The molecular formula is C21H18F6O6. The molecule has 2 rings (SSSR count). The first-order valence-electron chi connectivity index (χ1n) is 8.47. The Bertz CT molecular complexity index is 868. The van der Waals surface area contributed by atoms with E-state index in [9.17, 15) is 35.9 Å². The molecule has 4 N–H and O–H groups in total. The number of phenols is 2. The first kappa shape index (κ1) is 29.0. The van der Waals surface area contributed by atoms with Crippen LogP contribution in [0.25, 0.3) is 0 Å². The zero-order chi connectivity index (χ0) is 26.0. The van der Waals surface area contributed by atoms with Crippen LogP contribution >= 0.6 is 0 Å². The molecule has 0 saturated heterocycles. The van der Waals surface area contributed by atoms with E-state index >= 15 is 0 Å². The molecule has 12 heteroatoms. The van der Waals surface area contributed by atoms with E-state index in [0.717, 1.165) is 36.4 Å². The van der Waals surface area contributed by atoms with Crippen molar-refractivity contribution >= 4 is 11.9 Å². The number of alkyl halides is 6. The summed E-state index contributed by atoms with van der Waals surface area (Å²) in [4.78, 5) is 18.5. The number of benzene rings is 2. The monoisotopic (exact) mass is 480 g/mol. The maximum Gasteiger partial charge on any atom is 0.411 e. The number of carboxylic acids is 2. The zero-order valence-corrected chi connectivity index (χ0v) is 16.6. The lowest BCUT2D eigenvalue weighted by Crippen LogP contribution is -2.54. The molecule has 0 heterocycles. The van der Waals surface area contributed by atoms with Crippen molar-refractivity contribution in [1.29, 1.82) is 0 Å². The van der Waals surface area contributed by atoms with Gasteiger partial charge >= 0.3 is 24.3 Å². The summed E-state index contributed by atoms with van der Waals surface area (Å²) in [7, 11) is 0. The molecule has 0 aliphatic carbocycles. The Hall–Kier alpha value is -3.96. The topological polar surface area (TPSA) is 115 Å². The molecule has 0 spiro atoms. The summed E-state index contributed by atoms with van der Waals surface area (Å²) < 4.78 is 81.6. The van der Waals surface area contributed by atoms with E-state index < -0.39 is 52.3 Å². The van der Waals surface area contributed by atoms with Crippen LogP contribution in [0.5, 0.6) is 11.5 Å². The normalized spacial score (nSPS) is 11.1. The molecule has 0 saturated carbocycles. The lowest BCUT2D eigenvalue weighted by molar-refractivity contribution is -0.288. The fraction of sp³-hybridized carbons (Fsp3) is 0.143. The van der Waals surface area contributed by atoms with Gasteiger partial charge in [0.2, 0.25) is 5.41 Å². The van der Waals surface area contributed by atoms with Gasteiger partial charge in [0.1, 0.15) is 11.5 Å². The summed E-state index contributed by atoms with van der Waals surface area (Å²) in [5, 5.41) is 33.5. The number of carbonyl (C=O) groups is 2. The molecule has 0 fully saturated rings. The molecule has 0 atom stereocenters. The summed E-state index contributed by atoms with van der Waals surface area (Å²) in [5.41, 5.74) is -6.44. The summed E-state index contributed by atoms with van der Waals surface area (Å²) in [6, 6.07) is 5.30. The highest BCUT2D eigenvalue weighted by molar-refractivity contribution is 5.79. The number of carboxylic acid groups (broad SMARTS) is 2. The maximum absolute atomic E-state index is 13.6. The molecule has 2 aromatic rings. The second kappa shape index (κ2) is 11.6. The molecule has 6 nitrogen and oxygen atoms in total. The van der Waals surface area contributed by atoms with E-state index in [1.54, 1.807) is 0 Å². The molecule has 0 bridgehead atoms. The van der Waals surface area contributed by atoms with Gasteiger partial charge in [0.15, 0.2) is 0 Å². The Morgan fingerprint density at radius 1 is 0.636 bits per heavy atom. The molecule has 2 aromatic carbocycles. The summed E-state index contributed by atoms with van der Waals surface area (Å²) in [5.74, 6) is -2.88.